The smallest absolute Gasteiger partial charge is 0.330 e. The van der Waals surface area contributed by atoms with Crippen molar-refractivity contribution in [1.82, 2.24) is 0 Å². The fourth-order valence-corrected chi connectivity index (χ4v) is 2.93. The molecule has 64 valence electrons. The van der Waals surface area contributed by atoms with Gasteiger partial charge in [0, 0.05) is 14.4 Å². The molecule has 1 unspecified atom stereocenters. The molecule has 0 amide bonds. The monoisotopic (exact) mass is 188 g/mol. The van der Waals surface area contributed by atoms with Crippen molar-refractivity contribution < 1.29 is 9.53 Å². The van der Waals surface area contributed by atoms with E-state index in [1.54, 1.807) is 0 Å². The Labute approximate surface area is 72.5 Å². The molecule has 2 nitrogen and oxygen atoms in total. The molecule has 0 aliphatic heterocycles. The minimum Gasteiger partial charge on any atom is -0.463 e. The molecule has 0 aromatic heterocycles. The van der Waals surface area contributed by atoms with Gasteiger partial charge >= 0.3 is 5.97 Å². The van der Waals surface area contributed by atoms with Gasteiger partial charge in [0.1, 0.15) is 0 Å². The van der Waals surface area contributed by atoms with Crippen molar-refractivity contribution in [3.63, 3.8) is 0 Å². The summed E-state index contributed by atoms with van der Waals surface area (Å²) in [5, 5.41) is 0. The average Bonchev–Trinajstić information content (AvgIpc) is 1.97. The SMILES string of the molecule is C=CC(=O)OCCC[SiH](C)[SiH3]. The number of rotatable bonds is 5. The molecule has 4 heteroatoms. The third-order valence-electron chi connectivity index (χ3n) is 1.34. The highest BCUT2D eigenvalue weighted by atomic mass is 29.1. The summed E-state index contributed by atoms with van der Waals surface area (Å²) in [6.07, 6.45) is 2.25. The lowest BCUT2D eigenvalue weighted by Gasteiger charge is -2.02. The summed E-state index contributed by atoms with van der Waals surface area (Å²) in [6, 6.07) is 1.30. The van der Waals surface area contributed by atoms with Crippen molar-refractivity contribution in [1.29, 1.82) is 0 Å². The maximum Gasteiger partial charge on any atom is 0.330 e. The molecule has 0 aromatic rings. The highest BCUT2D eigenvalue weighted by molar-refractivity contribution is 7.02. The molecule has 0 spiro atoms. The number of hydrogen-bond donors (Lipinski definition) is 0. The number of carbonyl (C=O) groups excluding carboxylic acids is 1. The predicted molar refractivity (Wildman–Crippen MR) is 53.5 cm³/mol. The molecule has 0 radical (unpaired) electrons. The molecule has 0 saturated heterocycles. The summed E-state index contributed by atoms with van der Waals surface area (Å²) in [7, 11) is 1.04. The molecule has 0 heterocycles. The second-order valence-corrected chi connectivity index (χ2v) is 12.2. The van der Waals surface area contributed by atoms with Crippen molar-refractivity contribution in [3.8, 4) is 0 Å². The molecule has 11 heavy (non-hydrogen) atoms. The van der Waals surface area contributed by atoms with Crippen LogP contribution in [0.4, 0.5) is 0 Å². The van der Waals surface area contributed by atoms with Crippen LogP contribution in [0, 0.1) is 0 Å². The molecule has 0 fully saturated rings. The van der Waals surface area contributed by atoms with Gasteiger partial charge in [-0.1, -0.05) is 19.2 Å². The maximum atomic E-state index is 10.5. The third kappa shape index (κ3) is 7.54. The lowest BCUT2D eigenvalue weighted by molar-refractivity contribution is -0.137. The Morgan fingerprint density at radius 1 is 1.82 bits per heavy atom. The van der Waals surface area contributed by atoms with Crippen LogP contribution in [0.5, 0.6) is 0 Å². The molecule has 0 bridgehead atoms. The first-order valence-electron chi connectivity index (χ1n) is 3.96. The van der Waals surface area contributed by atoms with Gasteiger partial charge in [-0.2, -0.15) is 0 Å². The second-order valence-electron chi connectivity index (χ2n) is 2.91. The van der Waals surface area contributed by atoms with Gasteiger partial charge in [0.15, 0.2) is 0 Å². The Kier molecular flexibility index (Phi) is 6.15. The predicted octanol–water partition coefficient (Wildman–Crippen LogP) is -0.175. The van der Waals surface area contributed by atoms with E-state index in [-0.39, 0.29) is 14.3 Å². The zero-order chi connectivity index (χ0) is 8.69. The molecular formula is C7H16O2Si2. The lowest BCUT2D eigenvalue weighted by atomic mass is 10.5. The van der Waals surface area contributed by atoms with Crippen LogP contribution < -0.4 is 0 Å². The molecule has 0 rings (SSSR count). The van der Waals surface area contributed by atoms with Crippen LogP contribution >= 0.6 is 0 Å². The summed E-state index contributed by atoms with van der Waals surface area (Å²) in [6.45, 7) is 6.24. The first-order chi connectivity index (χ1) is 5.16. The van der Waals surface area contributed by atoms with E-state index in [1.165, 1.54) is 21.9 Å². The zero-order valence-electron chi connectivity index (χ0n) is 7.30. The normalized spacial score (nSPS) is 12.5. The Morgan fingerprint density at radius 2 is 2.45 bits per heavy atom. The van der Waals surface area contributed by atoms with Crippen molar-refractivity contribution >= 4 is 24.0 Å². The number of hydrogen-bond acceptors (Lipinski definition) is 2. The zero-order valence-corrected chi connectivity index (χ0v) is 10.5. The van der Waals surface area contributed by atoms with Crippen LogP contribution in [0.3, 0.4) is 0 Å². The highest BCUT2D eigenvalue weighted by Gasteiger charge is 1.97. The summed E-state index contributed by atoms with van der Waals surface area (Å²) in [5.74, 6) is -0.298. The molecule has 0 saturated carbocycles. The minimum absolute atomic E-state index is 0.298. The third-order valence-corrected chi connectivity index (χ3v) is 4.63. The Bertz CT molecular complexity index is 134. The summed E-state index contributed by atoms with van der Waals surface area (Å²) in [4.78, 5) is 10.5. The fraction of sp³-hybridized carbons (Fsp3) is 0.571. The van der Waals surface area contributed by atoms with E-state index in [0.717, 1.165) is 6.42 Å². The molecule has 0 N–H and O–H groups in total. The molecule has 0 aliphatic rings. The summed E-state index contributed by atoms with van der Waals surface area (Å²) >= 11 is 0. The van der Waals surface area contributed by atoms with Gasteiger partial charge in [-0.05, 0) is 16.2 Å². The van der Waals surface area contributed by atoms with E-state index in [2.05, 4.69) is 13.1 Å². The van der Waals surface area contributed by atoms with Crippen molar-refractivity contribution in [3.05, 3.63) is 12.7 Å². The van der Waals surface area contributed by atoms with E-state index >= 15 is 0 Å². The van der Waals surface area contributed by atoms with Gasteiger partial charge in [0.05, 0.1) is 6.61 Å². The van der Waals surface area contributed by atoms with Crippen LogP contribution in [-0.4, -0.2) is 30.7 Å². The van der Waals surface area contributed by atoms with Gasteiger partial charge in [0.25, 0.3) is 0 Å². The van der Waals surface area contributed by atoms with Gasteiger partial charge < -0.3 is 4.74 Å². The second kappa shape index (κ2) is 6.36. The van der Waals surface area contributed by atoms with Gasteiger partial charge in [-0.15, -0.1) is 0 Å². The number of ether oxygens (including phenoxy) is 1. The van der Waals surface area contributed by atoms with Crippen LogP contribution in [-0.2, 0) is 9.53 Å². The van der Waals surface area contributed by atoms with E-state index < -0.39 is 0 Å². The van der Waals surface area contributed by atoms with E-state index in [9.17, 15) is 4.79 Å². The highest BCUT2D eigenvalue weighted by Crippen LogP contribution is 1.94. The van der Waals surface area contributed by atoms with Gasteiger partial charge in [-0.25, -0.2) is 4.79 Å². The largest absolute Gasteiger partial charge is 0.463 e. The van der Waals surface area contributed by atoms with Crippen LogP contribution in [0.1, 0.15) is 6.42 Å². The fourth-order valence-electron chi connectivity index (χ4n) is 0.723. The first kappa shape index (κ1) is 10.6. The van der Waals surface area contributed by atoms with Crippen molar-refractivity contribution in [2.24, 2.45) is 0 Å². The van der Waals surface area contributed by atoms with E-state index in [4.69, 9.17) is 4.74 Å². The first-order valence-corrected chi connectivity index (χ1v) is 10.5. The van der Waals surface area contributed by atoms with Crippen molar-refractivity contribution in [2.45, 2.75) is 19.0 Å². The molecule has 0 aliphatic carbocycles. The number of carbonyl (C=O) groups is 1. The average molecular weight is 188 g/mol. The van der Waals surface area contributed by atoms with Crippen LogP contribution in [0.15, 0.2) is 12.7 Å². The van der Waals surface area contributed by atoms with E-state index in [1.807, 2.05) is 0 Å². The Balaban J connectivity index is 3.14. The molecule has 1 atom stereocenters. The summed E-state index contributed by atoms with van der Waals surface area (Å²) in [5.41, 5.74) is 0. The Morgan fingerprint density at radius 3 is 2.91 bits per heavy atom. The lowest BCUT2D eigenvalue weighted by Crippen LogP contribution is -2.09. The maximum absolute atomic E-state index is 10.5. The quantitative estimate of drug-likeness (QED) is 0.259. The van der Waals surface area contributed by atoms with E-state index in [0.29, 0.717) is 6.61 Å². The summed E-state index contributed by atoms with van der Waals surface area (Å²) < 4.78 is 4.82. The molecular weight excluding hydrogens is 172 g/mol. The van der Waals surface area contributed by atoms with Gasteiger partial charge in [0.2, 0.25) is 0 Å². The standard InChI is InChI=1S/C7H16O2Si2/c1-3-7(8)9-5-4-6-11(2)10/h3,11H,1,4-6H2,2,10H3. The molecule has 0 aromatic carbocycles. The van der Waals surface area contributed by atoms with Crippen LogP contribution in [0.25, 0.3) is 0 Å². The van der Waals surface area contributed by atoms with Gasteiger partial charge in [-0.3, -0.25) is 0 Å². The topological polar surface area (TPSA) is 26.3 Å². The number of esters is 1. The Hall–Kier alpha value is -0.356. The minimum atomic E-state index is -0.321. The van der Waals surface area contributed by atoms with Crippen LogP contribution in [0.2, 0.25) is 12.6 Å². The van der Waals surface area contributed by atoms with Crippen molar-refractivity contribution in [2.75, 3.05) is 6.61 Å².